The largest absolute Gasteiger partial charge is 0.480 e. The molecule has 0 spiro atoms. The van der Waals surface area contributed by atoms with Crippen LogP contribution in [0.3, 0.4) is 0 Å². The van der Waals surface area contributed by atoms with Crippen LogP contribution in [0, 0.1) is 0 Å². The predicted molar refractivity (Wildman–Crippen MR) is 60.5 cm³/mol. The summed E-state index contributed by atoms with van der Waals surface area (Å²) < 4.78 is 35.8. The second-order valence-electron chi connectivity index (χ2n) is 4.63. The Morgan fingerprint density at radius 2 is 1.84 bits per heavy atom. The quantitative estimate of drug-likeness (QED) is 0.789. The second-order valence-corrected chi connectivity index (χ2v) is 4.63. The fraction of sp³-hybridized carbons (Fsp3) is 0.818. The van der Waals surface area contributed by atoms with Crippen LogP contribution in [0.5, 0.6) is 0 Å². The predicted octanol–water partition coefficient (Wildman–Crippen LogP) is 0.994. The third kappa shape index (κ3) is 7.00. The number of hydrogen-bond donors (Lipinski definition) is 2. The van der Waals surface area contributed by atoms with Gasteiger partial charge in [-0.25, -0.2) is 0 Å². The van der Waals surface area contributed by atoms with Gasteiger partial charge in [0.15, 0.2) is 0 Å². The molecule has 19 heavy (non-hydrogen) atoms. The average Bonchev–Trinajstić information content (AvgIpc) is 2.28. The highest BCUT2D eigenvalue weighted by Crippen LogP contribution is 2.21. The zero-order valence-corrected chi connectivity index (χ0v) is 10.4. The summed E-state index contributed by atoms with van der Waals surface area (Å²) in [5.41, 5.74) is 0. The average molecular weight is 282 g/mol. The van der Waals surface area contributed by atoms with Gasteiger partial charge >= 0.3 is 12.1 Å². The van der Waals surface area contributed by atoms with Crippen molar-refractivity contribution in [3.8, 4) is 0 Å². The molecule has 2 N–H and O–H groups in total. The van der Waals surface area contributed by atoms with E-state index in [9.17, 15) is 22.8 Å². The first-order valence-electron chi connectivity index (χ1n) is 6.06. The number of likely N-dealkylation sites (tertiary alicyclic amines) is 1. The van der Waals surface area contributed by atoms with Crippen molar-refractivity contribution in [2.75, 3.05) is 19.6 Å². The molecule has 0 bridgehead atoms. The fourth-order valence-electron chi connectivity index (χ4n) is 1.98. The van der Waals surface area contributed by atoms with Crippen molar-refractivity contribution in [3.05, 3.63) is 0 Å². The van der Waals surface area contributed by atoms with Crippen molar-refractivity contribution in [2.24, 2.45) is 0 Å². The molecule has 0 aliphatic carbocycles. The molecule has 0 saturated carbocycles. The van der Waals surface area contributed by atoms with Crippen molar-refractivity contribution in [1.29, 1.82) is 0 Å². The molecular weight excluding hydrogens is 265 g/mol. The van der Waals surface area contributed by atoms with Gasteiger partial charge in [0, 0.05) is 25.6 Å². The number of hydrogen-bond acceptors (Lipinski definition) is 3. The molecule has 1 rings (SSSR count). The van der Waals surface area contributed by atoms with Crippen LogP contribution in [0.25, 0.3) is 0 Å². The summed E-state index contributed by atoms with van der Waals surface area (Å²) in [5, 5.41) is 11.2. The minimum atomic E-state index is -4.32. The summed E-state index contributed by atoms with van der Waals surface area (Å²) in [6.45, 7) is 1.00. The van der Waals surface area contributed by atoms with Gasteiger partial charge < -0.3 is 10.4 Å². The standard InChI is InChI=1S/C11H17F3N2O3/c12-11(13,14)4-1-9(17)15-8-2-5-16(6-3-8)7-10(18)19/h8H,1-7H2,(H,15,17)(H,18,19). The first-order valence-corrected chi connectivity index (χ1v) is 6.06. The molecule has 1 saturated heterocycles. The van der Waals surface area contributed by atoms with Gasteiger partial charge in [-0.15, -0.1) is 0 Å². The van der Waals surface area contributed by atoms with Crippen molar-refractivity contribution in [2.45, 2.75) is 37.9 Å². The van der Waals surface area contributed by atoms with Gasteiger partial charge in [0.1, 0.15) is 0 Å². The number of alkyl halides is 3. The van der Waals surface area contributed by atoms with E-state index < -0.39 is 30.9 Å². The van der Waals surface area contributed by atoms with E-state index in [1.54, 1.807) is 4.90 Å². The Kier molecular flexibility index (Phi) is 5.59. The molecule has 1 fully saturated rings. The number of nitrogens with zero attached hydrogens (tertiary/aromatic N) is 1. The number of carboxylic acids is 1. The number of carboxylic acid groups (broad SMARTS) is 1. The highest BCUT2D eigenvalue weighted by molar-refractivity contribution is 5.76. The Balaban J connectivity index is 2.21. The molecule has 1 aliphatic heterocycles. The Bertz CT molecular complexity index is 326. The van der Waals surface area contributed by atoms with Crippen molar-refractivity contribution in [1.82, 2.24) is 10.2 Å². The van der Waals surface area contributed by atoms with Crippen LogP contribution >= 0.6 is 0 Å². The number of aliphatic carboxylic acids is 1. The maximum absolute atomic E-state index is 11.9. The highest BCUT2D eigenvalue weighted by atomic mass is 19.4. The van der Waals surface area contributed by atoms with Crippen molar-refractivity contribution in [3.63, 3.8) is 0 Å². The van der Waals surface area contributed by atoms with E-state index in [1.807, 2.05) is 0 Å². The van der Waals surface area contributed by atoms with E-state index >= 15 is 0 Å². The highest BCUT2D eigenvalue weighted by Gasteiger charge is 2.29. The normalized spacial score (nSPS) is 18.3. The minimum Gasteiger partial charge on any atom is -0.480 e. The van der Waals surface area contributed by atoms with E-state index in [-0.39, 0.29) is 12.6 Å². The van der Waals surface area contributed by atoms with E-state index in [1.165, 1.54) is 0 Å². The maximum Gasteiger partial charge on any atom is 0.389 e. The van der Waals surface area contributed by atoms with Crippen molar-refractivity contribution < 1.29 is 27.9 Å². The summed E-state index contributed by atoms with van der Waals surface area (Å²) in [4.78, 5) is 23.5. The summed E-state index contributed by atoms with van der Waals surface area (Å²) in [5.74, 6) is -1.51. The zero-order valence-electron chi connectivity index (χ0n) is 10.4. The van der Waals surface area contributed by atoms with Crippen molar-refractivity contribution >= 4 is 11.9 Å². The van der Waals surface area contributed by atoms with E-state index in [0.717, 1.165) is 0 Å². The molecule has 5 nitrogen and oxygen atoms in total. The van der Waals surface area contributed by atoms with Gasteiger partial charge in [-0.05, 0) is 12.8 Å². The molecule has 0 aromatic heterocycles. The number of piperidine rings is 1. The lowest BCUT2D eigenvalue weighted by Crippen LogP contribution is -2.46. The fourth-order valence-corrected chi connectivity index (χ4v) is 1.98. The van der Waals surface area contributed by atoms with Gasteiger partial charge in [-0.2, -0.15) is 13.2 Å². The molecule has 0 aromatic carbocycles. The number of carbonyl (C=O) groups excluding carboxylic acids is 1. The Hall–Kier alpha value is -1.31. The topological polar surface area (TPSA) is 69.6 Å². The lowest BCUT2D eigenvalue weighted by molar-refractivity contribution is -0.144. The lowest BCUT2D eigenvalue weighted by atomic mass is 10.0. The number of rotatable bonds is 5. The maximum atomic E-state index is 11.9. The van der Waals surface area contributed by atoms with Gasteiger partial charge in [0.2, 0.25) is 5.91 Å². The summed E-state index contributed by atoms with van der Waals surface area (Å²) in [6.07, 6.45) is -4.87. The molecule has 1 aliphatic rings. The number of nitrogens with one attached hydrogen (secondary N) is 1. The van der Waals surface area contributed by atoms with E-state index in [2.05, 4.69) is 5.32 Å². The molecule has 1 heterocycles. The third-order valence-electron chi connectivity index (χ3n) is 2.95. The molecule has 110 valence electrons. The van der Waals surface area contributed by atoms with E-state index in [4.69, 9.17) is 5.11 Å². The first kappa shape index (κ1) is 15.7. The van der Waals surface area contributed by atoms with Gasteiger partial charge in [0.25, 0.3) is 0 Å². The Labute approximate surface area is 108 Å². The molecular formula is C11H17F3N2O3. The van der Waals surface area contributed by atoms with Crippen LogP contribution in [-0.2, 0) is 9.59 Å². The van der Waals surface area contributed by atoms with Gasteiger partial charge in [-0.1, -0.05) is 0 Å². The van der Waals surface area contributed by atoms with Crippen LogP contribution in [0.4, 0.5) is 13.2 Å². The van der Waals surface area contributed by atoms with Crippen LogP contribution in [0.15, 0.2) is 0 Å². The smallest absolute Gasteiger partial charge is 0.389 e. The molecule has 0 unspecified atom stereocenters. The summed E-state index contributed by atoms with van der Waals surface area (Å²) in [7, 11) is 0. The summed E-state index contributed by atoms with van der Waals surface area (Å²) in [6, 6.07) is -0.161. The second kappa shape index (κ2) is 6.74. The van der Waals surface area contributed by atoms with Crippen LogP contribution in [-0.4, -0.2) is 53.7 Å². The van der Waals surface area contributed by atoms with Gasteiger partial charge in [-0.3, -0.25) is 14.5 Å². The number of carbonyl (C=O) groups is 2. The lowest BCUT2D eigenvalue weighted by Gasteiger charge is -2.31. The minimum absolute atomic E-state index is 0.0469. The number of amides is 1. The molecule has 0 atom stereocenters. The monoisotopic (exact) mass is 282 g/mol. The molecule has 0 radical (unpaired) electrons. The van der Waals surface area contributed by atoms with E-state index in [0.29, 0.717) is 25.9 Å². The van der Waals surface area contributed by atoms with Crippen LogP contribution < -0.4 is 5.32 Å². The first-order chi connectivity index (χ1) is 8.76. The van der Waals surface area contributed by atoms with Crippen LogP contribution in [0.2, 0.25) is 0 Å². The third-order valence-corrected chi connectivity index (χ3v) is 2.95. The number of halogens is 3. The Morgan fingerprint density at radius 3 is 2.32 bits per heavy atom. The van der Waals surface area contributed by atoms with Gasteiger partial charge in [0.05, 0.1) is 13.0 Å². The Morgan fingerprint density at radius 1 is 1.26 bits per heavy atom. The molecule has 8 heteroatoms. The SMILES string of the molecule is O=C(O)CN1CCC(NC(=O)CCC(F)(F)F)CC1. The zero-order chi connectivity index (χ0) is 14.5. The molecule has 1 amide bonds. The van der Waals surface area contributed by atoms with Crippen LogP contribution in [0.1, 0.15) is 25.7 Å². The molecule has 0 aromatic rings. The summed E-state index contributed by atoms with van der Waals surface area (Å²) >= 11 is 0.